The Bertz CT molecular complexity index is 507. The molecule has 1 saturated heterocycles. The highest BCUT2D eigenvalue weighted by Crippen LogP contribution is 2.28. The van der Waals surface area contributed by atoms with E-state index in [9.17, 15) is 18.9 Å². The summed E-state index contributed by atoms with van der Waals surface area (Å²) in [5.41, 5.74) is -0.823. The minimum absolute atomic E-state index is 0.352. The van der Waals surface area contributed by atoms with Gasteiger partial charge in [-0.2, -0.15) is 0 Å². The summed E-state index contributed by atoms with van der Waals surface area (Å²) in [7, 11) is 0. The fourth-order valence-corrected chi connectivity index (χ4v) is 2.31. The van der Waals surface area contributed by atoms with E-state index < -0.39 is 22.2 Å². The van der Waals surface area contributed by atoms with E-state index in [1.807, 2.05) is 0 Å². The number of rotatable bonds is 6. The van der Waals surface area contributed by atoms with Crippen molar-refractivity contribution < 1.29 is 13.7 Å². The average Bonchev–Trinajstić information content (AvgIpc) is 2.48. The van der Waals surface area contributed by atoms with Gasteiger partial charge in [0.15, 0.2) is 17.3 Å². The number of nitro benzene ring substituents is 1. The average molecular weight is 300 g/mol. The maximum Gasteiger partial charge on any atom is 0.295 e. The summed E-state index contributed by atoms with van der Waals surface area (Å²) in [5.74, 6) is -2.29. The number of hydrogen-bond acceptors (Lipinski definition) is 5. The lowest BCUT2D eigenvalue weighted by Crippen LogP contribution is -2.44. The largest absolute Gasteiger partial charge is 0.377 e. The molecule has 8 heteroatoms. The molecular weight excluding hydrogens is 282 g/mol. The van der Waals surface area contributed by atoms with Gasteiger partial charge in [0.05, 0.1) is 4.92 Å². The molecule has 0 saturated carbocycles. The smallest absolute Gasteiger partial charge is 0.295 e. The van der Waals surface area contributed by atoms with Gasteiger partial charge in [0.1, 0.15) is 0 Å². The number of anilines is 1. The van der Waals surface area contributed by atoms with Crippen molar-refractivity contribution in [2.45, 2.75) is 6.42 Å². The number of benzene rings is 1. The predicted octanol–water partition coefficient (Wildman–Crippen LogP) is 1.58. The lowest BCUT2D eigenvalue weighted by atomic mass is 10.2. The minimum Gasteiger partial charge on any atom is -0.377 e. The first-order valence-corrected chi connectivity index (χ1v) is 6.89. The molecule has 1 aliphatic heterocycles. The number of piperazine rings is 1. The zero-order valence-corrected chi connectivity index (χ0v) is 11.6. The topological polar surface area (TPSA) is 70.4 Å². The van der Waals surface area contributed by atoms with Gasteiger partial charge in [0.25, 0.3) is 5.69 Å². The van der Waals surface area contributed by atoms with Crippen molar-refractivity contribution >= 4 is 11.4 Å². The molecule has 0 spiro atoms. The zero-order chi connectivity index (χ0) is 15.2. The Kier molecular flexibility index (Phi) is 5.40. The quantitative estimate of drug-likeness (QED) is 0.474. The van der Waals surface area contributed by atoms with Gasteiger partial charge >= 0.3 is 0 Å². The van der Waals surface area contributed by atoms with Crippen molar-refractivity contribution in [2.24, 2.45) is 0 Å². The second-order valence-electron chi connectivity index (χ2n) is 4.88. The van der Waals surface area contributed by atoms with Crippen LogP contribution in [0.4, 0.5) is 20.2 Å². The van der Waals surface area contributed by atoms with Crippen LogP contribution in [0.25, 0.3) is 0 Å². The van der Waals surface area contributed by atoms with Crippen molar-refractivity contribution in [1.29, 1.82) is 0 Å². The molecule has 1 heterocycles. The second kappa shape index (κ2) is 7.28. The summed E-state index contributed by atoms with van der Waals surface area (Å²) in [6.07, 6.45) is 0.701. The van der Waals surface area contributed by atoms with Crippen LogP contribution in [0.3, 0.4) is 0 Å². The second-order valence-corrected chi connectivity index (χ2v) is 4.88. The van der Waals surface area contributed by atoms with Gasteiger partial charge in [-0.3, -0.25) is 10.1 Å². The first kappa shape index (κ1) is 15.6. The van der Waals surface area contributed by atoms with Crippen LogP contribution in [0.2, 0.25) is 0 Å². The number of nitrogens with one attached hydrogen (secondary N) is 2. The zero-order valence-electron chi connectivity index (χ0n) is 11.6. The third-order valence-corrected chi connectivity index (χ3v) is 3.43. The van der Waals surface area contributed by atoms with Crippen LogP contribution in [0.15, 0.2) is 12.1 Å². The molecule has 2 N–H and O–H groups in total. The summed E-state index contributed by atoms with van der Waals surface area (Å²) in [4.78, 5) is 12.4. The molecule has 0 unspecified atom stereocenters. The van der Waals surface area contributed by atoms with Gasteiger partial charge < -0.3 is 15.5 Å². The summed E-state index contributed by atoms with van der Waals surface area (Å²) in [6.45, 7) is 4.96. The Balaban J connectivity index is 1.90. The Labute approximate surface area is 121 Å². The van der Waals surface area contributed by atoms with Gasteiger partial charge in [-0.25, -0.2) is 8.78 Å². The number of nitrogens with zero attached hydrogens (tertiary/aromatic N) is 2. The fraction of sp³-hybridized carbons (Fsp3) is 0.538. The Morgan fingerprint density at radius 1 is 1.33 bits per heavy atom. The molecule has 1 aromatic rings. The van der Waals surface area contributed by atoms with E-state index in [2.05, 4.69) is 15.5 Å². The van der Waals surface area contributed by atoms with Crippen molar-refractivity contribution in [3.8, 4) is 0 Å². The van der Waals surface area contributed by atoms with E-state index in [0.29, 0.717) is 13.0 Å². The molecule has 0 atom stereocenters. The highest BCUT2D eigenvalue weighted by Gasteiger charge is 2.21. The van der Waals surface area contributed by atoms with Gasteiger partial charge in [-0.15, -0.1) is 0 Å². The molecule has 0 aromatic heterocycles. The summed E-state index contributed by atoms with van der Waals surface area (Å²) < 4.78 is 26.8. The number of nitro groups is 1. The molecule has 1 fully saturated rings. The third kappa shape index (κ3) is 4.08. The van der Waals surface area contributed by atoms with Gasteiger partial charge in [0.2, 0.25) is 0 Å². The molecular formula is C13H18F2N4O2. The van der Waals surface area contributed by atoms with Crippen LogP contribution in [-0.4, -0.2) is 49.1 Å². The van der Waals surface area contributed by atoms with Crippen molar-refractivity contribution in [2.75, 3.05) is 44.6 Å². The van der Waals surface area contributed by atoms with Crippen molar-refractivity contribution in [3.05, 3.63) is 33.9 Å². The predicted molar refractivity (Wildman–Crippen MR) is 75.4 cm³/mol. The Morgan fingerprint density at radius 3 is 2.71 bits per heavy atom. The van der Waals surface area contributed by atoms with E-state index >= 15 is 0 Å². The molecule has 0 radical (unpaired) electrons. The van der Waals surface area contributed by atoms with Gasteiger partial charge in [-0.05, 0) is 19.0 Å². The standard InChI is InChI=1S/C13H18F2N4O2/c14-10-2-3-11(19(20)21)13(12(10)15)17-4-1-7-18-8-5-16-6-9-18/h2-3,16-17H,1,4-9H2. The molecule has 0 amide bonds. The summed E-state index contributed by atoms with van der Waals surface area (Å²) in [6, 6.07) is 1.73. The van der Waals surface area contributed by atoms with E-state index in [0.717, 1.165) is 44.9 Å². The molecule has 2 rings (SSSR count). The van der Waals surface area contributed by atoms with Crippen LogP contribution in [0, 0.1) is 21.7 Å². The lowest BCUT2D eigenvalue weighted by Gasteiger charge is -2.27. The van der Waals surface area contributed by atoms with Crippen LogP contribution in [-0.2, 0) is 0 Å². The van der Waals surface area contributed by atoms with E-state index in [1.165, 1.54) is 0 Å². The maximum absolute atomic E-state index is 13.6. The SMILES string of the molecule is O=[N+]([O-])c1ccc(F)c(F)c1NCCCN1CCNCC1. The normalized spacial score (nSPS) is 15.9. The van der Waals surface area contributed by atoms with Gasteiger partial charge in [-0.1, -0.05) is 0 Å². The Morgan fingerprint density at radius 2 is 2.05 bits per heavy atom. The van der Waals surface area contributed by atoms with Crippen LogP contribution < -0.4 is 10.6 Å². The molecule has 6 nitrogen and oxygen atoms in total. The molecule has 0 aliphatic carbocycles. The van der Waals surface area contributed by atoms with E-state index in [1.54, 1.807) is 0 Å². The van der Waals surface area contributed by atoms with E-state index in [-0.39, 0.29) is 5.69 Å². The maximum atomic E-state index is 13.6. The Hall–Kier alpha value is -1.80. The third-order valence-electron chi connectivity index (χ3n) is 3.43. The van der Waals surface area contributed by atoms with Crippen molar-refractivity contribution in [1.82, 2.24) is 10.2 Å². The molecule has 1 aromatic carbocycles. The van der Waals surface area contributed by atoms with Gasteiger partial charge in [0, 0.05) is 38.8 Å². The number of halogens is 2. The van der Waals surface area contributed by atoms with Crippen molar-refractivity contribution in [3.63, 3.8) is 0 Å². The summed E-state index contributed by atoms with van der Waals surface area (Å²) >= 11 is 0. The van der Waals surface area contributed by atoms with Crippen LogP contribution in [0.1, 0.15) is 6.42 Å². The van der Waals surface area contributed by atoms with Crippen LogP contribution >= 0.6 is 0 Å². The first-order valence-electron chi connectivity index (χ1n) is 6.89. The number of hydrogen-bond donors (Lipinski definition) is 2. The fourth-order valence-electron chi connectivity index (χ4n) is 2.31. The highest BCUT2D eigenvalue weighted by molar-refractivity contribution is 5.62. The first-order chi connectivity index (χ1) is 10.1. The molecule has 116 valence electrons. The lowest BCUT2D eigenvalue weighted by molar-refractivity contribution is -0.384. The van der Waals surface area contributed by atoms with E-state index in [4.69, 9.17) is 0 Å². The summed E-state index contributed by atoms with van der Waals surface area (Å²) in [5, 5.41) is 16.7. The molecule has 0 bridgehead atoms. The molecule has 1 aliphatic rings. The monoisotopic (exact) mass is 300 g/mol. The van der Waals surface area contributed by atoms with Crippen LogP contribution in [0.5, 0.6) is 0 Å². The minimum atomic E-state index is -1.20. The highest BCUT2D eigenvalue weighted by atomic mass is 19.2. The molecule has 21 heavy (non-hydrogen) atoms.